The molecule has 0 heterocycles. The topological polar surface area (TPSA) is 52.3 Å². The Hall–Kier alpha value is -1.35. The molecule has 0 bridgehead atoms. The van der Waals surface area contributed by atoms with Crippen LogP contribution in [0.1, 0.15) is 34.3 Å². The smallest absolute Gasteiger partial charge is 0.174 e. The third-order valence-electron chi connectivity index (χ3n) is 3.59. The highest BCUT2D eigenvalue weighted by atomic mass is 16.5. The lowest BCUT2D eigenvalue weighted by Crippen LogP contribution is -2.26. The van der Waals surface area contributed by atoms with Gasteiger partial charge >= 0.3 is 0 Å². The molecule has 1 aromatic rings. The van der Waals surface area contributed by atoms with Crippen molar-refractivity contribution in [3.8, 4) is 5.75 Å². The van der Waals surface area contributed by atoms with Crippen molar-refractivity contribution >= 4 is 5.78 Å². The van der Waals surface area contributed by atoms with Crippen molar-refractivity contribution in [2.45, 2.75) is 26.7 Å². The van der Waals surface area contributed by atoms with Crippen LogP contribution < -0.4 is 10.5 Å². The Morgan fingerprint density at radius 1 is 1.41 bits per heavy atom. The zero-order chi connectivity index (χ0) is 12.6. The third kappa shape index (κ3) is 1.95. The van der Waals surface area contributed by atoms with Crippen LogP contribution in [0.15, 0.2) is 12.1 Å². The van der Waals surface area contributed by atoms with Gasteiger partial charge in [0.25, 0.3) is 0 Å². The van der Waals surface area contributed by atoms with Crippen LogP contribution in [0.5, 0.6) is 5.75 Å². The van der Waals surface area contributed by atoms with Gasteiger partial charge in [-0.05, 0) is 43.9 Å². The van der Waals surface area contributed by atoms with E-state index in [4.69, 9.17) is 10.5 Å². The van der Waals surface area contributed by atoms with Crippen molar-refractivity contribution in [3.05, 3.63) is 28.8 Å². The molecule has 0 aromatic heterocycles. The van der Waals surface area contributed by atoms with Crippen LogP contribution in [-0.4, -0.2) is 19.4 Å². The summed E-state index contributed by atoms with van der Waals surface area (Å²) in [6.45, 7) is 4.39. The van der Waals surface area contributed by atoms with E-state index < -0.39 is 0 Å². The van der Waals surface area contributed by atoms with Crippen LogP contribution in [0.4, 0.5) is 0 Å². The van der Waals surface area contributed by atoms with Gasteiger partial charge < -0.3 is 10.5 Å². The van der Waals surface area contributed by atoms with E-state index in [1.54, 1.807) is 7.11 Å². The summed E-state index contributed by atoms with van der Waals surface area (Å²) in [5.41, 5.74) is 8.18. The van der Waals surface area contributed by atoms with Crippen molar-refractivity contribution in [3.63, 3.8) is 0 Å². The molecule has 2 N–H and O–H groups in total. The first-order valence-corrected chi connectivity index (χ1v) is 5.94. The van der Waals surface area contributed by atoms with E-state index in [2.05, 4.69) is 0 Å². The zero-order valence-corrected chi connectivity index (χ0v) is 10.7. The maximum absolute atomic E-state index is 12.5. The molecule has 1 saturated carbocycles. The van der Waals surface area contributed by atoms with Gasteiger partial charge in [0.2, 0.25) is 0 Å². The number of carbonyl (C=O) groups is 1. The van der Waals surface area contributed by atoms with E-state index in [1.807, 2.05) is 26.0 Å². The highest BCUT2D eigenvalue weighted by Crippen LogP contribution is 2.48. The van der Waals surface area contributed by atoms with Crippen LogP contribution in [0.3, 0.4) is 0 Å². The van der Waals surface area contributed by atoms with Gasteiger partial charge in [0.15, 0.2) is 5.78 Å². The van der Waals surface area contributed by atoms with E-state index >= 15 is 0 Å². The Labute approximate surface area is 102 Å². The Balaban J connectivity index is 2.47. The summed E-state index contributed by atoms with van der Waals surface area (Å²) in [7, 11) is 1.61. The van der Waals surface area contributed by atoms with Gasteiger partial charge in [-0.1, -0.05) is 6.07 Å². The fourth-order valence-electron chi connectivity index (χ4n) is 2.35. The molecule has 3 heteroatoms. The monoisotopic (exact) mass is 233 g/mol. The number of aryl methyl sites for hydroxylation is 2. The fourth-order valence-corrected chi connectivity index (χ4v) is 2.35. The summed E-state index contributed by atoms with van der Waals surface area (Å²) in [5.74, 6) is 0.837. The van der Waals surface area contributed by atoms with Crippen LogP contribution >= 0.6 is 0 Å². The summed E-state index contributed by atoms with van der Waals surface area (Å²) >= 11 is 0. The van der Waals surface area contributed by atoms with Crippen molar-refractivity contribution in [1.82, 2.24) is 0 Å². The summed E-state index contributed by atoms with van der Waals surface area (Å²) in [4.78, 5) is 12.5. The van der Waals surface area contributed by atoms with E-state index in [0.29, 0.717) is 17.9 Å². The van der Waals surface area contributed by atoms with Crippen molar-refractivity contribution in [1.29, 1.82) is 0 Å². The molecule has 1 fully saturated rings. The number of benzene rings is 1. The molecule has 2 rings (SSSR count). The molecule has 0 atom stereocenters. The second-order valence-corrected chi connectivity index (χ2v) is 4.98. The van der Waals surface area contributed by atoms with Gasteiger partial charge in [-0.25, -0.2) is 0 Å². The molecule has 17 heavy (non-hydrogen) atoms. The molecule has 0 radical (unpaired) electrons. The summed E-state index contributed by atoms with van der Waals surface area (Å²) < 4.78 is 5.36. The van der Waals surface area contributed by atoms with Gasteiger partial charge in [-0.3, -0.25) is 4.79 Å². The van der Waals surface area contributed by atoms with Gasteiger partial charge in [0, 0.05) is 12.0 Å². The largest absolute Gasteiger partial charge is 0.496 e. The molecule has 1 aliphatic carbocycles. The summed E-state index contributed by atoms with van der Waals surface area (Å²) in [6, 6.07) is 3.93. The molecule has 3 nitrogen and oxygen atoms in total. The van der Waals surface area contributed by atoms with Crippen molar-refractivity contribution < 1.29 is 9.53 Å². The number of hydrogen-bond acceptors (Lipinski definition) is 3. The van der Waals surface area contributed by atoms with Gasteiger partial charge in [-0.2, -0.15) is 0 Å². The van der Waals surface area contributed by atoms with Crippen LogP contribution in [0.2, 0.25) is 0 Å². The highest BCUT2D eigenvalue weighted by molar-refractivity contribution is 6.05. The number of hydrogen-bond donors (Lipinski definition) is 1. The number of rotatable bonds is 4. The normalized spacial score (nSPS) is 16.7. The van der Waals surface area contributed by atoms with E-state index in [-0.39, 0.29) is 11.2 Å². The molecule has 0 amide bonds. The van der Waals surface area contributed by atoms with Crippen LogP contribution in [0, 0.1) is 19.3 Å². The average molecular weight is 233 g/mol. The highest BCUT2D eigenvalue weighted by Gasteiger charge is 2.49. The lowest BCUT2D eigenvalue weighted by atomic mass is 9.92. The second kappa shape index (κ2) is 4.15. The molecule has 0 saturated heterocycles. The van der Waals surface area contributed by atoms with E-state index in [1.165, 1.54) is 0 Å². The van der Waals surface area contributed by atoms with Crippen molar-refractivity contribution in [2.75, 3.05) is 13.7 Å². The maximum atomic E-state index is 12.5. The standard InChI is InChI=1S/C14H19NO2/c1-9-6-10(2)12(17-3)11(7-9)13(16)14(8-15)4-5-14/h6-7H,4-5,8,15H2,1-3H3. The van der Waals surface area contributed by atoms with Gasteiger partial charge in [-0.15, -0.1) is 0 Å². The Bertz CT molecular complexity index is 462. The Morgan fingerprint density at radius 3 is 2.53 bits per heavy atom. The predicted octanol–water partition coefficient (Wildman–Crippen LogP) is 2.23. The number of ether oxygens (including phenoxy) is 1. The lowest BCUT2D eigenvalue weighted by molar-refractivity contribution is 0.0902. The number of ketones is 1. The number of Topliss-reactive ketones (excluding diaryl/α,β-unsaturated/α-hetero) is 1. The second-order valence-electron chi connectivity index (χ2n) is 4.98. The Kier molecular flexibility index (Phi) is 2.96. The SMILES string of the molecule is COc1c(C)cc(C)cc1C(=O)C1(CN)CC1. The number of nitrogens with two attached hydrogens (primary N) is 1. The fraction of sp³-hybridized carbons (Fsp3) is 0.500. The average Bonchev–Trinajstić information content (AvgIpc) is 3.08. The maximum Gasteiger partial charge on any atom is 0.174 e. The number of carbonyl (C=O) groups excluding carboxylic acids is 1. The van der Waals surface area contributed by atoms with E-state index in [9.17, 15) is 4.79 Å². The van der Waals surface area contributed by atoms with Gasteiger partial charge in [0.05, 0.1) is 12.7 Å². The minimum atomic E-state index is -0.312. The minimum Gasteiger partial charge on any atom is -0.496 e. The van der Waals surface area contributed by atoms with Crippen LogP contribution in [-0.2, 0) is 0 Å². The first-order chi connectivity index (χ1) is 8.04. The minimum absolute atomic E-state index is 0.142. The first kappa shape index (κ1) is 12.1. The molecular weight excluding hydrogens is 214 g/mol. The first-order valence-electron chi connectivity index (χ1n) is 5.94. The quantitative estimate of drug-likeness (QED) is 0.811. The molecule has 0 aliphatic heterocycles. The van der Waals surface area contributed by atoms with Crippen molar-refractivity contribution in [2.24, 2.45) is 11.1 Å². The van der Waals surface area contributed by atoms with Crippen LogP contribution in [0.25, 0.3) is 0 Å². The molecule has 1 aromatic carbocycles. The lowest BCUT2D eigenvalue weighted by Gasteiger charge is -2.16. The number of methoxy groups -OCH3 is 1. The summed E-state index contributed by atoms with van der Waals surface area (Å²) in [5, 5.41) is 0. The molecular formula is C14H19NO2. The Morgan fingerprint density at radius 2 is 2.06 bits per heavy atom. The zero-order valence-electron chi connectivity index (χ0n) is 10.7. The van der Waals surface area contributed by atoms with Gasteiger partial charge in [0.1, 0.15) is 5.75 Å². The third-order valence-corrected chi connectivity index (χ3v) is 3.59. The molecule has 0 unspecified atom stereocenters. The predicted molar refractivity (Wildman–Crippen MR) is 67.5 cm³/mol. The summed E-state index contributed by atoms with van der Waals surface area (Å²) in [6.07, 6.45) is 1.80. The molecule has 92 valence electrons. The molecule has 1 aliphatic rings. The van der Waals surface area contributed by atoms with E-state index in [0.717, 1.165) is 24.0 Å². The molecule has 0 spiro atoms.